The van der Waals surface area contributed by atoms with E-state index in [-0.39, 0.29) is 43.5 Å². The molecule has 0 bridgehead atoms. The van der Waals surface area contributed by atoms with Gasteiger partial charge in [-0.05, 0) is 35.7 Å². The first-order chi connectivity index (χ1) is 20.0. The number of hydrogen-bond donors (Lipinski definition) is 1. The molecule has 4 rings (SSSR count). The Labute approximate surface area is 242 Å². The summed E-state index contributed by atoms with van der Waals surface area (Å²) >= 11 is 0. The molecule has 1 atom stereocenters. The topological polar surface area (TPSA) is 111 Å². The number of quaternary nitrogens is 1. The number of Topliss-reactive ketones (excluding diaryl/α,β-unsaturated/α-hetero) is 1. The number of nitrogens with zero attached hydrogens (tertiary/aromatic N) is 3. The molecule has 12 heteroatoms. The van der Waals surface area contributed by atoms with Gasteiger partial charge in [-0.3, -0.25) is 14.4 Å². The minimum atomic E-state index is -5.08. The smallest absolute Gasteiger partial charge is 0.418 e. The summed E-state index contributed by atoms with van der Waals surface area (Å²) in [5.41, 5.74) is 0.744. The fourth-order valence-electron chi connectivity index (χ4n) is 5.10. The summed E-state index contributed by atoms with van der Waals surface area (Å²) in [5.74, 6) is -2.21. The molecule has 0 unspecified atom stereocenters. The van der Waals surface area contributed by atoms with Crippen molar-refractivity contribution in [1.29, 1.82) is 0 Å². The van der Waals surface area contributed by atoms with Crippen LogP contribution in [-0.2, 0) is 19.2 Å². The van der Waals surface area contributed by atoms with E-state index in [0.29, 0.717) is 31.6 Å². The number of alkyl halides is 3. The Balaban J connectivity index is 1.42. The first-order valence-corrected chi connectivity index (χ1v) is 14.3. The molecule has 2 heterocycles. The molecule has 2 aromatic carbocycles. The monoisotopic (exact) mass is 589 g/mol. The molecular weight excluding hydrogens is 553 g/mol. The van der Waals surface area contributed by atoms with Gasteiger partial charge in [0.2, 0.25) is 17.7 Å². The zero-order valence-corrected chi connectivity index (χ0v) is 23.8. The molecule has 1 aliphatic rings. The van der Waals surface area contributed by atoms with Gasteiger partial charge in [0.25, 0.3) is 0 Å². The van der Waals surface area contributed by atoms with Gasteiger partial charge in [-0.2, -0.15) is 13.2 Å². The number of unbranched alkanes of at least 4 members (excludes halogenated alkanes) is 2. The van der Waals surface area contributed by atoms with Crippen LogP contribution in [0.3, 0.4) is 0 Å². The molecule has 1 amide bonds. The van der Waals surface area contributed by atoms with Crippen LogP contribution in [0, 0.1) is 5.92 Å². The van der Waals surface area contributed by atoms with Gasteiger partial charge in [0.1, 0.15) is 32.0 Å². The number of ketones is 1. The van der Waals surface area contributed by atoms with Crippen LogP contribution in [0.5, 0.6) is 0 Å². The molecule has 1 aliphatic heterocycles. The Hall–Kier alpha value is -3.80. The van der Waals surface area contributed by atoms with Crippen molar-refractivity contribution in [2.45, 2.75) is 70.5 Å². The van der Waals surface area contributed by atoms with Crippen LogP contribution in [0.2, 0.25) is 0 Å². The van der Waals surface area contributed by atoms with Crippen LogP contribution < -0.4 is 5.32 Å². The van der Waals surface area contributed by atoms with Crippen LogP contribution in [0.15, 0.2) is 46.9 Å². The second-order valence-corrected chi connectivity index (χ2v) is 11.0. The van der Waals surface area contributed by atoms with E-state index in [4.69, 9.17) is 4.42 Å². The number of rotatable bonds is 12. The Morgan fingerprint density at radius 2 is 1.76 bits per heavy atom. The highest BCUT2D eigenvalue weighted by atomic mass is 19.4. The minimum Gasteiger partial charge on any atom is -0.418 e. The van der Waals surface area contributed by atoms with Gasteiger partial charge in [-0.25, -0.2) is 4.79 Å². The van der Waals surface area contributed by atoms with E-state index in [1.165, 1.54) is 7.05 Å². The van der Waals surface area contributed by atoms with Crippen molar-refractivity contribution in [2.75, 3.05) is 20.1 Å². The molecule has 42 heavy (non-hydrogen) atoms. The maximum absolute atomic E-state index is 13.3. The minimum absolute atomic E-state index is 0.0721. The number of piperidine rings is 1. The summed E-state index contributed by atoms with van der Waals surface area (Å²) in [7, 11) is 1.40. The third-order valence-electron chi connectivity index (χ3n) is 7.70. The summed E-state index contributed by atoms with van der Waals surface area (Å²) in [6.07, 6.45) is -0.828. The molecule has 0 radical (unpaired) electrons. The lowest BCUT2D eigenvalue weighted by Crippen LogP contribution is -2.54. The SMILES string of the molecule is CCC(=O)CCCCC[C@H](NC(=O)C1CC[N+](C)(OC(=O)C(F)(F)F)CC1)c1nnc(-c2ccc3ccccc3c2)o1. The molecule has 226 valence electrons. The highest BCUT2D eigenvalue weighted by Crippen LogP contribution is 2.29. The average Bonchev–Trinajstić information content (AvgIpc) is 3.46. The Kier molecular flexibility index (Phi) is 9.97. The van der Waals surface area contributed by atoms with Gasteiger partial charge in [-0.1, -0.05) is 50.1 Å². The van der Waals surface area contributed by atoms with Gasteiger partial charge in [0.05, 0.1) is 0 Å². The molecular formula is C30H36F3N4O5+. The van der Waals surface area contributed by atoms with Crippen LogP contribution >= 0.6 is 0 Å². The van der Waals surface area contributed by atoms with Crippen molar-refractivity contribution in [1.82, 2.24) is 15.5 Å². The summed E-state index contributed by atoms with van der Waals surface area (Å²) in [5, 5.41) is 13.6. The third kappa shape index (κ3) is 8.15. The van der Waals surface area contributed by atoms with Crippen LogP contribution in [0.25, 0.3) is 22.2 Å². The number of benzene rings is 2. The van der Waals surface area contributed by atoms with Gasteiger partial charge in [-0.15, -0.1) is 14.8 Å². The van der Waals surface area contributed by atoms with E-state index in [9.17, 15) is 27.6 Å². The zero-order chi connectivity index (χ0) is 30.3. The fourth-order valence-corrected chi connectivity index (χ4v) is 5.10. The van der Waals surface area contributed by atoms with E-state index in [1.807, 2.05) is 49.4 Å². The lowest BCUT2D eigenvalue weighted by Gasteiger charge is -2.36. The normalized spacial score (nSPS) is 19.8. The Bertz CT molecular complexity index is 1400. The van der Waals surface area contributed by atoms with Gasteiger partial charge in [0, 0.05) is 37.2 Å². The summed E-state index contributed by atoms with van der Waals surface area (Å²) in [6, 6.07) is 13.1. The van der Waals surface area contributed by atoms with Crippen LogP contribution in [-0.4, -0.2) is 58.8 Å². The van der Waals surface area contributed by atoms with E-state index in [2.05, 4.69) is 20.4 Å². The lowest BCUT2D eigenvalue weighted by atomic mass is 9.95. The van der Waals surface area contributed by atoms with Crippen molar-refractivity contribution in [3.63, 3.8) is 0 Å². The maximum Gasteiger partial charge on any atom is 0.497 e. The quantitative estimate of drug-likeness (QED) is 0.208. The van der Waals surface area contributed by atoms with Crippen molar-refractivity contribution in [3.8, 4) is 11.5 Å². The molecule has 1 N–H and O–H groups in total. The molecule has 1 saturated heterocycles. The maximum atomic E-state index is 13.3. The first-order valence-electron chi connectivity index (χ1n) is 14.3. The zero-order valence-electron chi connectivity index (χ0n) is 23.8. The van der Waals surface area contributed by atoms with Crippen molar-refractivity contribution < 1.29 is 41.5 Å². The predicted octanol–water partition coefficient (Wildman–Crippen LogP) is 5.85. The van der Waals surface area contributed by atoms with Crippen molar-refractivity contribution in [2.24, 2.45) is 5.92 Å². The van der Waals surface area contributed by atoms with Crippen molar-refractivity contribution >= 4 is 28.4 Å². The summed E-state index contributed by atoms with van der Waals surface area (Å²) in [4.78, 5) is 40.9. The Morgan fingerprint density at radius 3 is 2.45 bits per heavy atom. The summed E-state index contributed by atoms with van der Waals surface area (Å²) < 4.78 is 43.5. The fraction of sp³-hybridized carbons (Fsp3) is 0.500. The number of carbonyl (C=O) groups is 3. The van der Waals surface area contributed by atoms with Gasteiger partial charge < -0.3 is 9.73 Å². The highest BCUT2D eigenvalue weighted by molar-refractivity contribution is 5.86. The number of hydroxylamine groups is 3. The third-order valence-corrected chi connectivity index (χ3v) is 7.70. The van der Waals surface area contributed by atoms with Crippen molar-refractivity contribution in [3.05, 3.63) is 48.4 Å². The van der Waals surface area contributed by atoms with Crippen LogP contribution in [0.4, 0.5) is 13.2 Å². The second-order valence-electron chi connectivity index (χ2n) is 11.0. The second kappa shape index (κ2) is 13.5. The molecule has 0 spiro atoms. The lowest BCUT2D eigenvalue weighted by molar-refractivity contribution is -1.08. The number of fused-ring (bicyclic) bond motifs is 1. The number of aromatic nitrogens is 2. The predicted molar refractivity (Wildman–Crippen MR) is 147 cm³/mol. The molecule has 0 aliphatic carbocycles. The van der Waals surface area contributed by atoms with E-state index >= 15 is 0 Å². The van der Waals surface area contributed by atoms with E-state index < -0.39 is 28.8 Å². The van der Waals surface area contributed by atoms with Crippen LogP contribution in [0.1, 0.15) is 70.2 Å². The number of halogens is 3. The molecule has 3 aromatic rings. The molecule has 1 aromatic heterocycles. The first kappa shape index (κ1) is 31.1. The largest absolute Gasteiger partial charge is 0.497 e. The highest BCUT2D eigenvalue weighted by Gasteiger charge is 2.48. The average molecular weight is 590 g/mol. The molecule has 9 nitrogen and oxygen atoms in total. The molecule has 0 saturated carbocycles. The molecule has 1 fully saturated rings. The summed E-state index contributed by atoms with van der Waals surface area (Å²) in [6.45, 7) is 1.98. The number of nitrogens with one attached hydrogen (secondary N) is 1. The van der Waals surface area contributed by atoms with E-state index in [0.717, 1.165) is 29.2 Å². The van der Waals surface area contributed by atoms with E-state index in [1.54, 1.807) is 0 Å². The standard InChI is InChI=1S/C30H35F3N4O5/c1-3-24(38)11-5-4-6-12-25(28-36-35-27(41-28)23-14-13-20-9-7-8-10-22(20)19-23)34-26(39)21-15-17-37(2,18-16-21)42-29(40)30(31,32)33/h7-10,13-14,19,21,25H,3-6,11-12,15-18H2,1-2H3/p+1/t21?,25-,37?/m0/s1. The van der Waals surface area contributed by atoms with Gasteiger partial charge >= 0.3 is 12.1 Å². The number of carbonyl (C=O) groups excluding carboxylic acids is 3. The number of likely N-dealkylation sites (tertiary alicyclic amines) is 1. The van der Waals surface area contributed by atoms with Gasteiger partial charge in [0.15, 0.2) is 0 Å². The number of hydrogen-bond acceptors (Lipinski definition) is 7. The Morgan fingerprint density at radius 1 is 1.05 bits per heavy atom. The number of amides is 1.